The molecule has 0 amide bonds. The molecule has 1 unspecified atom stereocenters. The fourth-order valence-corrected chi connectivity index (χ4v) is 4.04. The van der Waals surface area contributed by atoms with Gasteiger partial charge in [-0.2, -0.15) is 0 Å². The maximum Gasteiger partial charge on any atom is 0.137 e. The van der Waals surface area contributed by atoms with Crippen LogP contribution < -0.4 is 10.5 Å². The first-order chi connectivity index (χ1) is 10.1. The van der Waals surface area contributed by atoms with E-state index in [-0.39, 0.29) is 11.6 Å². The van der Waals surface area contributed by atoms with Crippen molar-refractivity contribution < 1.29 is 4.74 Å². The monoisotopic (exact) mass is 310 g/mol. The molecule has 0 radical (unpaired) electrons. The van der Waals surface area contributed by atoms with E-state index in [0.717, 1.165) is 18.7 Å². The first-order valence-electron chi connectivity index (χ1n) is 7.93. The van der Waals surface area contributed by atoms with Gasteiger partial charge in [0.05, 0.1) is 12.1 Å². The van der Waals surface area contributed by atoms with Crippen molar-refractivity contribution in [3.63, 3.8) is 0 Å². The fraction of sp³-hybridized carbons (Fsp3) is 0.647. The van der Waals surface area contributed by atoms with Gasteiger partial charge in [-0.1, -0.05) is 44.4 Å². The zero-order valence-corrected chi connectivity index (χ0v) is 14.1. The van der Waals surface area contributed by atoms with Crippen molar-refractivity contribution in [3.8, 4) is 5.75 Å². The van der Waals surface area contributed by atoms with Gasteiger partial charge in [0.2, 0.25) is 0 Å². The Morgan fingerprint density at radius 2 is 1.90 bits per heavy atom. The summed E-state index contributed by atoms with van der Waals surface area (Å²) in [7, 11) is 1.65. The maximum atomic E-state index is 6.72. The summed E-state index contributed by atoms with van der Waals surface area (Å²) in [5, 5.41) is 0.636. The largest absolute Gasteiger partial charge is 0.495 e. The summed E-state index contributed by atoms with van der Waals surface area (Å²) in [6.45, 7) is 6.52. The van der Waals surface area contributed by atoms with Crippen LogP contribution in [0.5, 0.6) is 5.75 Å². The second-order valence-corrected chi connectivity index (χ2v) is 6.26. The number of ether oxygens (including phenoxy) is 1. The fourth-order valence-electron chi connectivity index (χ4n) is 3.84. The van der Waals surface area contributed by atoms with Gasteiger partial charge >= 0.3 is 0 Å². The molecule has 1 fully saturated rings. The van der Waals surface area contributed by atoms with Crippen LogP contribution in [-0.2, 0) is 0 Å². The SMILES string of the molecule is CCN(CC)C1(C(N)c2ccc(Cl)c(OC)c2)CCCC1. The molecule has 0 aromatic heterocycles. The quantitative estimate of drug-likeness (QED) is 0.863. The van der Waals surface area contributed by atoms with Crippen LogP contribution in [-0.4, -0.2) is 30.6 Å². The van der Waals surface area contributed by atoms with Gasteiger partial charge in [-0.05, 0) is 43.6 Å². The number of methoxy groups -OCH3 is 1. The second-order valence-electron chi connectivity index (χ2n) is 5.85. The minimum absolute atomic E-state index is 0.00827. The number of nitrogens with two attached hydrogens (primary N) is 1. The Kier molecular flexibility index (Phi) is 5.53. The molecule has 0 saturated heterocycles. The Bertz CT molecular complexity index is 468. The summed E-state index contributed by atoms with van der Waals surface area (Å²) in [4.78, 5) is 2.53. The van der Waals surface area contributed by atoms with E-state index in [4.69, 9.17) is 22.1 Å². The minimum Gasteiger partial charge on any atom is -0.495 e. The third-order valence-corrected chi connectivity index (χ3v) is 5.29. The van der Waals surface area contributed by atoms with Crippen molar-refractivity contribution in [1.29, 1.82) is 0 Å². The van der Waals surface area contributed by atoms with E-state index < -0.39 is 0 Å². The van der Waals surface area contributed by atoms with E-state index in [0.29, 0.717) is 10.8 Å². The zero-order valence-electron chi connectivity index (χ0n) is 13.4. The number of halogens is 1. The van der Waals surface area contributed by atoms with E-state index in [9.17, 15) is 0 Å². The van der Waals surface area contributed by atoms with Gasteiger partial charge in [0, 0.05) is 11.6 Å². The Morgan fingerprint density at radius 1 is 1.29 bits per heavy atom. The minimum atomic E-state index is -0.00827. The van der Waals surface area contributed by atoms with Crippen molar-refractivity contribution in [3.05, 3.63) is 28.8 Å². The maximum absolute atomic E-state index is 6.72. The Labute approximate surface area is 133 Å². The number of hydrogen-bond donors (Lipinski definition) is 1. The standard InChI is InChI=1S/C17H27ClN2O/c1-4-20(5-2)17(10-6-7-11-17)16(19)13-8-9-14(18)15(12-13)21-3/h8-9,12,16H,4-7,10-11,19H2,1-3H3. The highest BCUT2D eigenvalue weighted by molar-refractivity contribution is 6.32. The Hall–Kier alpha value is -0.770. The van der Waals surface area contributed by atoms with Gasteiger partial charge < -0.3 is 10.5 Å². The molecule has 1 aliphatic rings. The van der Waals surface area contributed by atoms with Crippen LogP contribution in [0.15, 0.2) is 18.2 Å². The lowest BCUT2D eigenvalue weighted by atomic mass is 9.82. The van der Waals surface area contributed by atoms with Gasteiger partial charge in [0.25, 0.3) is 0 Å². The lowest BCUT2D eigenvalue weighted by Crippen LogP contribution is -2.53. The molecule has 1 aromatic carbocycles. The molecule has 1 aliphatic carbocycles. The van der Waals surface area contributed by atoms with Crippen LogP contribution in [0, 0.1) is 0 Å². The number of nitrogens with zero attached hydrogens (tertiary/aromatic N) is 1. The van der Waals surface area contributed by atoms with Crippen molar-refractivity contribution in [2.75, 3.05) is 20.2 Å². The van der Waals surface area contributed by atoms with Crippen LogP contribution in [0.2, 0.25) is 5.02 Å². The van der Waals surface area contributed by atoms with Gasteiger partial charge in [-0.25, -0.2) is 0 Å². The predicted octanol–water partition coefficient (Wildman–Crippen LogP) is 4.00. The van der Waals surface area contributed by atoms with E-state index in [1.165, 1.54) is 25.7 Å². The second kappa shape index (κ2) is 6.99. The molecular formula is C17H27ClN2O. The molecule has 1 atom stereocenters. The van der Waals surface area contributed by atoms with Crippen molar-refractivity contribution in [2.24, 2.45) is 5.73 Å². The van der Waals surface area contributed by atoms with Gasteiger partial charge in [-0.3, -0.25) is 4.90 Å². The van der Waals surface area contributed by atoms with Gasteiger partial charge in [0.1, 0.15) is 5.75 Å². The Morgan fingerprint density at radius 3 is 2.43 bits per heavy atom. The molecule has 2 N–H and O–H groups in total. The van der Waals surface area contributed by atoms with E-state index >= 15 is 0 Å². The summed E-state index contributed by atoms with van der Waals surface area (Å²) < 4.78 is 5.34. The van der Waals surface area contributed by atoms with Crippen molar-refractivity contribution in [1.82, 2.24) is 4.90 Å². The van der Waals surface area contributed by atoms with Crippen molar-refractivity contribution in [2.45, 2.75) is 51.1 Å². The Balaban J connectivity index is 2.36. The highest BCUT2D eigenvalue weighted by Gasteiger charge is 2.44. The zero-order chi connectivity index (χ0) is 15.5. The number of benzene rings is 1. The molecule has 118 valence electrons. The molecule has 4 heteroatoms. The van der Waals surface area contributed by atoms with E-state index in [1.807, 2.05) is 18.2 Å². The van der Waals surface area contributed by atoms with Crippen LogP contribution in [0.3, 0.4) is 0 Å². The molecule has 3 nitrogen and oxygen atoms in total. The molecule has 1 aromatic rings. The first-order valence-corrected chi connectivity index (χ1v) is 8.31. The highest BCUT2D eigenvalue weighted by Crippen LogP contribution is 2.44. The summed E-state index contributed by atoms with van der Waals surface area (Å²) in [6, 6.07) is 5.92. The number of likely N-dealkylation sites (N-methyl/N-ethyl adjacent to an activating group) is 1. The van der Waals surface area contributed by atoms with Crippen LogP contribution in [0.4, 0.5) is 0 Å². The molecule has 21 heavy (non-hydrogen) atoms. The van der Waals surface area contributed by atoms with E-state index in [2.05, 4.69) is 18.7 Å². The van der Waals surface area contributed by atoms with E-state index in [1.54, 1.807) is 7.11 Å². The third-order valence-electron chi connectivity index (χ3n) is 4.98. The summed E-state index contributed by atoms with van der Waals surface area (Å²) in [6.07, 6.45) is 4.85. The molecule has 0 bridgehead atoms. The predicted molar refractivity (Wildman–Crippen MR) is 89.1 cm³/mol. The lowest BCUT2D eigenvalue weighted by molar-refractivity contribution is 0.0770. The average molecular weight is 311 g/mol. The molecule has 1 saturated carbocycles. The molecule has 0 spiro atoms. The first kappa shape index (κ1) is 16.6. The smallest absolute Gasteiger partial charge is 0.137 e. The summed E-state index contributed by atoms with van der Waals surface area (Å²) in [5.74, 6) is 0.706. The van der Waals surface area contributed by atoms with Crippen molar-refractivity contribution >= 4 is 11.6 Å². The summed E-state index contributed by atoms with van der Waals surface area (Å²) in [5.41, 5.74) is 7.91. The normalized spacial score (nSPS) is 19.0. The third kappa shape index (κ3) is 3.05. The van der Waals surface area contributed by atoms with Crippen LogP contribution in [0.1, 0.15) is 51.1 Å². The van der Waals surface area contributed by atoms with Gasteiger partial charge in [0.15, 0.2) is 0 Å². The molecule has 2 rings (SSSR count). The molecule has 0 aliphatic heterocycles. The molecular weight excluding hydrogens is 284 g/mol. The highest BCUT2D eigenvalue weighted by atomic mass is 35.5. The topological polar surface area (TPSA) is 38.5 Å². The van der Waals surface area contributed by atoms with Crippen LogP contribution >= 0.6 is 11.6 Å². The van der Waals surface area contributed by atoms with Crippen LogP contribution in [0.25, 0.3) is 0 Å². The lowest BCUT2D eigenvalue weighted by Gasteiger charge is -2.45. The average Bonchev–Trinajstić information content (AvgIpc) is 2.99. The number of hydrogen-bond acceptors (Lipinski definition) is 3. The summed E-state index contributed by atoms with van der Waals surface area (Å²) >= 11 is 6.14. The molecule has 0 heterocycles. The van der Waals surface area contributed by atoms with Gasteiger partial charge in [-0.15, -0.1) is 0 Å². The number of rotatable bonds is 6.